The number of ether oxygens (including phenoxy) is 1. The number of methoxy groups -OCH3 is 1. The van der Waals surface area contributed by atoms with Crippen molar-refractivity contribution in [1.82, 2.24) is 10.2 Å². The van der Waals surface area contributed by atoms with Crippen LogP contribution in [-0.2, 0) is 12.7 Å². The van der Waals surface area contributed by atoms with Gasteiger partial charge in [0.1, 0.15) is 5.75 Å². The highest BCUT2D eigenvalue weighted by Gasteiger charge is 2.33. The van der Waals surface area contributed by atoms with E-state index in [4.69, 9.17) is 4.74 Å². The van der Waals surface area contributed by atoms with E-state index in [1.807, 2.05) is 0 Å². The van der Waals surface area contributed by atoms with Gasteiger partial charge in [0.15, 0.2) is 5.69 Å². The minimum absolute atomic E-state index is 0.232. The van der Waals surface area contributed by atoms with E-state index in [9.17, 15) is 13.2 Å². The van der Waals surface area contributed by atoms with Crippen LogP contribution in [-0.4, -0.2) is 17.3 Å². The van der Waals surface area contributed by atoms with E-state index in [0.29, 0.717) is 11.4 Å². The summed E-state index contributed by atoms with van der Waals surface area (Å²) in [6.07, 6.45) is -4.42. The average Bonchev–Trinajstić information content (AvgIpc) is 2.86. The van der Waals surface area contributed by atoms with Crippen molar-refractivity contribution in [1.29, 1.82) is 0 Å². The van der Waals surface area contributed by atoms with E-state index in [-0.39, 0.29) is 6.54 Å². The van der Waals surface area contributed by atoms with Crippen molar-refractivity contribution < 1.29 is 17.9 Å². The summed E-state index contributed by atoms with van der Waals surface area (Å²) in [6.45, 7) is 0.232. The molecule has 2 rings (SSSR count). The van der Waals surface area contributed by atoms with Crippen LogP contribution in [0.2, 0.25) is 0 Å². The van der Waals surface area contributed by atoms with Gasteiger partial charge >= 0.3 is 6.18 Å². The number of nitrogens with zero attached hydrogens (tertiary/aromatic N) is 1. The van der Waals surface area contributed by atoms with Gasteiger partial charge in [-0.25, -0.2) is 0 Å². The molecule has 0 radical (unpaired) electrons. The predicted molar refractivity (Wildman–Crippen MR) is 63.9 cm³/mol. The molecule has 0 atom stereocenters. The number of alkyl halides is 3. The van der Waals surface area contributed by atoms with Crippen LogP contribution in [0.1, 0.15) is 11.4 Å². The molecule has 1 heterocycles. The van der Waals surface area contributed by atoms with Gasteiger partial charge in [-0.2, -0.15) is 18.3 Å². The van der Waals surface area contributed by atoms with Gasteiger partial charge in [0.05, 0.1) is 19.3 Å². The van der Waals surface area contributed by atoms with Crippen LogP contribution in [0, 0.1) is 0 Å². The van der Waals surface area contributed by atoms with Gasteiger partial charge in [-0.15, -0.1) is 0 Å². The maximum absolute atomic E-state index is 12.3. The molecule has 4 nitrogen and oxygen atoms in total. The minimum Gasteiger partial charge on any atom is -0.497 e. The Balaban J connectivity index is 1.96. The molecule has 1 aromatic carbocycles. The van der Waals surface area contributed by atoms with Gasteiger partial charge in [-0.3, -0.25) is 5.10 Å². The van der Waals surface area contributed by atoms with Crippen LogP contribution < -0.4 is 10.1 Å². The first-order chi connectivity index (χ1) is 8.99. The number of hydrogen-bond acceptors (Lipinski definition) is 3. The maximum atomic E-state index is 12.3. The molecule has 0 aliphatic heterocycles. The van der Waals surface area contributed by atoms with Crippen LogP contribution in [0.3, 0.4) is 0 Å². The molecule has 19 heavy (non-hydrogen) atoms. The van der Waals surface area contributed by atoms with E-state index >= 15 is 0 Å². The highest BCUT2D eigenvalue weighted by molar-refractivity contribution is 5.46. The zero-order valence-corrected chi connectivity index (χ0v) is 10.1. The van der Waals surface area contributed by atoms with Crippen LogP contribution >= 0.6 is 0 Å². The number of aromatic amines is 1. The highest BCUT2D eigenvalue weighted by Crippen LogP contribution is 2.27. The minimum atomic E-state index is -4.42. The Morgan fingerprint density at radius 2 is 1.95 bits per heavy atom. The van der Waals surface area contributed by atoms with Crippen molar-refractivity contribution in [2.45, 2.75) is 12.7 Å². The van der Waals surface area contributed by atoms with E-state index in [1.54, 1.807) is 31.4 Å². The monoisotopic (exact) mass is 271 g/mol. The zero-order chi connectivity index (χ0) is 13.9. The predicted octanol–water partition coefficient (Wildman–Crippen LogP) is 3.05. The van der Waals surface area contributed by atoms with Crippen molar-refractivity contribution >= 4 is 5.69 Å². The second-order valence-electron chi connectivity index (χ2n) is 3.86. The van der Waals surface area contributed by atoms with Gasteiger partial charge in [0, 0.05) is 5.69 Å². The van der Waals surface area contributed by atoms with Gasteiger partial charge in [0.25, 0.3) is 0 Å². The molecule has 102 valence electrons. The lowest BCUT2D eigenvalue weighted by Gasteiger charge is -2.05. The number of H-pyrrole nitrogens is 1. The molecule has 0 saturated heterocycles. The van der Waals surface area contributed by atoms with E-state index in [1.165, 1.54) is 0 Å². The lowest BCUT2D eigenvalue weighted by Crippen LogP contribution is -2.04. The number of rotatable bonds is 4. The van der Waals surface area contributed by atoms with Crippen molar-refractivity contribution in [3.05, 3.63) is 41.7 Å². The Hall–Kier alpha value is -2.18. The Morgan fingerprint density at radius 3 is 2.47 bits per heavy atom. The lowest BCUT2D eigenvalue weighted by atomic mass is 10.3. The summed E-state index contributed by atoms with van der Waals surface area (Å²) in [5.41, 5.74) is 0.228. The molecule has 7 heteroatoms. The number of halogens is 3. The molecule has 0 saturated carbocycles. The molecule has 0 spiro atoms. The zero-order valence-electron chi connectivity index (χ0n) is 10.1. The summed E-state index contributed by atoms with van der Waals surface area (Å²) >= 11 is 0. The number of benzene rings is 1. The van der Waals surface area contributed by atoms with Crippen LogP contribution in [0.15, 0.2) is 30.3 Å². The average molecular weight is 271 g/mol. The Bertz CT molecular complexity index is 534. The first kappa shape index (κ1) is 13.3. The number of hydrogen-bond donors (Lipinski definition) is 2. The van der Waals surface area contributed by atoms with Gasteiger partial charge in [-0.1, -0.05) is 0 Å². The van der Waals surface area contributed by atoms with Crippen molar-refractivity contribution in [2.24, 2.45) is 0 Å². The third-order valence-corrected chi connectivity index (χ3v) is 2.49. The second-order valence-corrected chi connectivity index (χ2v) is 3.86. The second kappa shape index (κ2) is 5.21. The molecular formula is C12H12F3N3O. The molecule has 1 aromatic heterocycles. The topological polar surface area (TPSA) is 49.9 Å². The third-order valence-electron chi connectivity index (χ3n) is 2.49. The highest BCUT2D eigenvalue weighted by atomic mass is 19.4. The SMILES string of the molecule is COc1ccc(NCc2cc(C(F)(F)F)n[nH]2)cc1. The lowest BCUT2D eigenvalue weighted by molar-refractivity contribution is -0.141. The van der Waals surface area contributed by atoms with Crippen LogP contribution in [0.4, 0.5) is 18.9 Å². The largest absolute Gasteiger partial charge is 0.497 e. The summed E-state index contributed by atoms with van der Waals surface area (Å²) in [4.78, 5) is 0. The molecule has 0 aliphatic rings. The first-order valence-electron chi connectivity index (χ1n) is 5.48. The standard InChI is InChI=1S/C12H12F3N3O/c1-19-10-4-2-8(3-5-10)16-7-9-6-11(18-17-9)12(13,14)15/h2-6,16H,7H2,1H3,(H,17,18). The quantitative estimate of drug-likeness (QED) is 0.898. The molecule has 2 N–H and O–H groups in total. The molecule has 0 fully saturated rings. The normalized spacial score (nSPS) is 11.4. The summed E-state index contributed by atoms with van der Waals surface area (Å²) < 4.78 is 42.0. The summed E-state index contributed by atoms with van der Waals surface area (Å²) in [7, 11) is 1.56. The fourth-order valence-electron chi connectivity index (χ4n) is 1.50. The molecule has 0 aliphatic carbocycles. The van der Waals surface area contributed by atoms with Crippen LogP contribution in [0.5, 0.6) is 5.75 Å². The van der Waals surface area contributed by atoms with E-state index in [0.717, 1.165) is 11.8 Å². The Labute approximate surface area is 107 Å². The van der Waals surface area contributed by atoms with Gasteiger partial charge in [0.2, 0.25) is 0 Å². The smallest absolute Gasteiger partial charge is 0.435 e. The van der Waals surface area contributed by atoms with Crippen molar-refractivity contribution in [3.8, 4) is 5.75 Å². The molecule has 2 aromatic rings. The molecule has 0 bridgehead atoms. The molecule has 0 amide bonds. The van der Waals surface area contributed by atoms with E-state index in [2.05, 4.69) is 15.5 Å². The van der Waals surface area contributed by atoms with Crippen molar-refractivity contribution in [3.63, 3.8) is 0 Å². The third kappa shape index (κ3) is 3.40. The summed E-state index contributed by atoms with van der Waals surface area (Å²) in [6, 6.07) is 8.06. The molecular weight excluding hydrogens is 259 g/mol. The van der Waals surface area contributed by atoms with Gasteiger partial charge in [-0.05, 0) is 30.3 Å². The van der Waals surface area contributed by atoms with Gasteiger partial charge < -0.3 is 10.1 Å². The van der Waals surface area contributed by atoms with E-state index < -0.39 is 11.9 Å². The fourth-order valence-corrected chi connectivity index (χ4v) is 1.50. The Morgan fingerprint density at radius 1 is 1.26 bits per heavy atom. The summed E-state index contributed by atoms with van der Waals surface area (Å²) in [5.74, 6) is 0.714. The first-order valence-corrected chi connectivity index (χ1v) is 5.48. The number of aromatic nitrogens is 2. The number of nitrogens with one attached hydrogen (secondary N) is 2. The summed E-state index contributed by atoms with van der Waals surface area (Å²) in [5, 5.41) is 8.55. The Kier molecular flexibility index (Phi) is 3.64. The molecule has 0 unspecified atom stereocenters. The van der Waals surface area contributed by atoms with Crippen LogP contribution in [0.25, 0.3) is 0 Å². The van der Waals surface area contributed by atoms with Crippen molar-refractivity contribution in [2.75, 3.05) is 12.4 Å². The number of anilines is 1. The fraction of sp³-hybridized carbons (Fsp3) is 0.250. The maximum Gasteiger partial charge on any atom is 0.435 e.